The molecule has 0 aromatic heterocycles. The van der Waals surface area contributed by atoms with E-state index in [1.165, 1.54) is 12.1 Å². The third-order valence-electron chi connectivity index (χ3n) is 2.43. The molecule has 17 heavy (non-hydrogen) atoms. The molecule has 0 heterocycles. The first kappa shape index (κ1) is 13.8. The SMILES string of the molecule is CCC(CSC)Nc1ccc(F)cc1C(=O)O. The van der Waals surface area contributed by atoms with Crippen LogP contribution >= 0.6 is 11.8 Å². The van der Waals surface area contributed by atoms with Crippen LogP contribution < -0.4 is 5.32 Å². The smallest absolute Gasteiger partial charge is 0.337 e. The van der Waals surface area contributed by atoms with Crippen LogP contribution in [-0.4, -0.2) is 29.1 Å². The van der Waals surface area contributed by atoms with Gasteiger partial charge in [-0.3, -0.25) is 0 Å². The summed E-state index contributed by atoms with van der Waals surface area (Å²) in [4.78, 5) is 11.0. The van der Waals surface area contributed by atoms with E-state index in [0.29, 0.717) is 5.69 Å². The Morgan fingerprint density at radius 3 is 2.82 bits per heavy atom. The van der Waals surface area contributed by atoms with Crippen LogP contribution in [0, 0.1) is 5.82 Å². The Bertz CT molecular complexity index is 398. The number of halogens is 1. The molecule has 0 aliphatic rings. The summed E-state index contributed by atoms with van der Waals surface area (Å²) in [6.07, 6.45) is 2.88. The van der Waals surface area contributed by atoms with Gasteiger partial charge in [0.25, 0.3) is 0 Å². The van der Waals surface area contributed by atoms with Gasteiger partial charge in [0.2, 0.25) is 0 Å². The molecule has 0 bridgehead atoms. The maximum atomic E-state index is 13.0. The summed E-state index contributed by atoms with van der Waals surface area (Å²) in [7, 11) is 0. The maximum Gasteiger partial charge on any atom is 0.337 e. The van der Waals surface area contributed by atoms with E-state index in [2.05, 4.69) is 5.32 Å². The molecule has 0 saturated carbocycles. The summed E-state index contributed by atoms with van der Waals surface area (Å²) in [5.41, 5.74) is 0.448. The Balaban J connectivity index is 2.92. The van der Waals surface area contributed by atoms with Crippen LogP contribution in [-0.2, 0) is 0 Å². The van der Waals surface area contributed by atoms with E-state index in [4.69, 9.17) is 5.11 Å². The average molecular weight is 257 g/mol. The second kappa shape index (κ2) is 6.49. The number of carboxylic acids is 1. The summed E-state index contributed by atoms with van der Waals surface area (Å²) in [5.74, 6) is -0.774. The number of carbonyl (C=O) groups is 1. The van der Waals surface area contributed by atoms with Crippen molar-refractivity contribution in [1.29, 1.82) is 0 Å². The van der Waals surface area contributed by atoms with Gasteiger partial charge in [0.05, 0.1) is 5.56 Å². The van der Waals surface area contributed by atoms with Crippen LogP contribution in [0.25, 0.3) is 0 Å². The van der Waals surface area contributed by atoms with Crippen molar-refractivity contribution in [1.82, 2.24) is 0 Å². The summed E-state index contributed by atoms with van der Waals surface area (Å²) in [6, 6.07) is 3.97. The van der Waals surface area contributed by atoms with Gasteiger partial charge in [-0.2, -0.15) is 11.8 Å². The van der Waals surface area contributed by atoms with Crippen molar-refractivity contribution in [2.45, 2.75) is 19.4 Å². The topological polar surface area (TPSA) is 49.3 Å². The van der Waals surface area contributed by atoms with Crippen LogP contribution in [0.5, 0.6) is 0 Å². The molecule has 0 amide bonds. The average Bonchev–Trinajstić information content (AvgIpc) is 2.30. The molecule has 1 rings (SSSR count). The first-order valence-corrected chi connectivity index (χ1v) is 6.76. The Morgan fingerprint density at radius 2 is 2.29 bits per heavy atom. The fourth-order valence-electron chi connectivity index (χ4n) is 1.50. The van der Waals surface area contributed by atoms with E-state index in [1.807, 2.05) is 13.2 Å². The van der Waals surface area contributed by atoms with E-state index in [9.17, 15) is 9.18 Å². The first-order chi connectivity index (χ1) is 8.08. The molecule has 0 aliphatic carbocycles. The van der Waals surface area contributed by atoms with Gasteiger partial charge in [-0.15, -0.1) is 0 Å². The van der Waals surface area contributed by atoms with Crippen molar-refractivity contribution in [3.8, 4) is 0 Å². The zero-order chi connectivity index (χ0) is 12.8. The summed E-state index contributed by atoms with van der Waals surface area (Å²) in [5, 5.41) is 12.1. The van der Waals surface area contributed by atoms with Gasteiger partial charge in [-0.1, -0.05) is 6.92 Å². The monoisotopic (exact) mass is 257 g/mol. The molecule has 1 atom stereocenters. The highest BCUT2D eigenvalue weighted by Crippen LogP contribution is 2.19. The van der Waals surface area contributed by atoms with Crippen LogP contribution in [0.1, 0.15) is 23.7 Å². The van der Waals surface area contributed by atoms with Crippen molar-refractivity contribution in [3.05, 3.63) is 29.6 Å². The fraction of sp³-hybridized carbons (Fsp3) is 0.417. The molecule has 1 aromatic carbocycles. The van der Waals surface area contributed by atoms with Crippen LogP contribution in [0.4, 0.5) is 10.1 Å². The molecule has 94 valence electrons. The van der Waals surface area contributed by atoms with Crippen molar-refractivity contribution in [2.24, 2.45) is 0 Å². The highest BCUT2D eigenvalue weighted by Gasteiger charge is 2.14. The number of hydrogen-bond acceptors (Lipinski definition) is 3. The lowest BCUT2D eigenvalue weighted by Crippen LogP contribution is -2.22. The molecule has 2 N–H and O–H groups in total. The van der Waals surface area contributed by atoms with Crippen LogP contribution in [0.15, 0.2) is 18.2 Å². The minimum atomic E-state index is -1.12. The van der Waals surface area contributed by atoms with Crippen molar-refractivity contribution in [2.75, 3.05) is 17.3 Å². The third kappa shape index (κ3) is 3.93. The van der Waals surface area contributed by atoms with Gasteiger partial charge in [-0.25, -0.2) is 9.18 Å². The van der Waals surface area contributed by atoms with Crippen LogP contribution in [0.3, 0.4) is 0 Å². The molecule has 0 radical (unpaired) electrons. The Kier molecular flexibility index (Phi) is 5.28. The lowest BCUT2D eigenvalue weighted by molar-refractivity contribution is 0.0697. The van der Waals surface area contributed by atoms with Crippen molar-refractivity contribution in [3.63, 3.8) is 0 Å². The number of hydrogen-bond donors (Lipinski definition) is 2. The minimum absolute atomic E-state index is 0.0236. The van der Waals surface area contributed by atoms with Crippen molar-refractivity contribution < 1.29 is 14.3 Å². The molecule has 1 unspecified atom stereocenters. The molecule has 0 saturated heterocycles. The van der Waals surface area contributed by atoms with E-state index < -0.39 is 11.8 Å². The first-order valence-electron chi connectivity index (χ1n) is 5.36. The lowest BCUT2D eigenvalue weighted by Gasteiger charge is -2.18. The largest absolute Gasteiger partial charge is 0.478 e. The molecule has 0 fully saturated rings. The summed E-state index contributed by atoms with van der Waals surface area (Å²) in [6.45, 7) is 2.03. The number of anilines is 1. The quantitative estimate of drug-likeness (QED) is 0.822. The zero-order valence-corrected chi connectivity index (χ0v) is 10.7. The number of carboxylic acid groups (broad SMARTS) is 1. The fourth-order valence-corrected chi connectivity index (χ4v) is 2.22. The predicted molar refractivity (Wildman–Crippen MR) is 69.4 cm³/mol. The highest BCUT2D eigenvalue weighted by molar-refractivity contribution is 7.98. The van der Waals surface area contributed by atoms with Crippen LogP contribution in [0.2, 0.25) is 0 Å². The van der Waals surface area contributed by atoms with Gasteiger partial charge in [0, 0.05) is 17.5 Å². The summed E-state index contributed by atoms with van der Waals surface area (Å²) < 4.78 is 13.0. The molecule has 0 spiro atoms. The molecule has 0 aliphatic heterocycles. The number of nitrogens with one attached hydrogen (secondary N) is 1. The number of rotatable bonds is 6. The van der Waals surface area contributed by atoms with Gasteiger partial charge in [0.1, 0.15) is 5.82 Å². The Labute approximate surface area is 104 Å². The Morgan fingerprint density at radius 1 is 1.59 bits per heavy atom. The van der Waals surface area contributed by atoms with Gasteiger partial charge in [0.15, 0.2) is 0 Å². The predicted octanol–water partition coefficient (Wildman–Crippen LogP) is 3.08. The van der Waals surface area contributed by atoms with Crippen molar-refractivity contribution >= 4 is 23.4 Å². The lowest BCUT2D eigenvalue weighted by atomic mass is 10.1. The number of thioether (sulfide) groups is 1. The highest BCUT2D eigenvalue weighted by atomic mass is 32.2. The molecular weight excluding hydrogens is 241 g/mol. The minimum Gasteiger partial charge on any atom is -0.478 e. The van der Waals surface area contributed by atoms with Gasteiger partial charge < -0.3 is 10.4 Å². The summed E-state index contributed by atoms with van der Waals surface area (Å²) >= 11 is 1.69. The van der Waals surface area contributed by atoms with E-state index in [0.717, 1.165) is 18.2 Å². The second-order valence-corrected chi connectivity index (χ2v) is 4.61. The molecular formula is C12H16FNO2S. The number of aromatic carboxylic acids is 1. The van der Waals surface area contributed by atoms with E-state index in [1.54, 1.807) is 11.8 Å². The number of benzene rings is 1. The molecule has 1 aromatic rings. The maximum absolute atomic E-state index is 13.0. The molecule has 3 nitrogen and oxygen atoms in total. The van der Waals surface area contributed by atoms with E-state index >= 15 is 0 Å². The Hall–Kier alpha value is -1.23. The second-order valence-electron chi connectivity index (χ2n) is 3.70. The molecule has 5 heteroatoms. The third-order valence-corrected chi connectivity index (χ3v) is 3.17. The van der Waals surface area contributed by atoms with Gasteiger partial charge in [-0.05, 0) is 30.9 Å². The van der Waals surface area contributed by atoms with Gasteiger partial charge >= 0.3 is 5.97 Å². The zero-order valence-electron chi connectivity index (χ0n) is 9.87. The van der Waals surface area contributed by atoms with E-state index in [-0.39, 0.29) is 11.6 Å². The standard InChI is InChI=1S/C12H16FNO2S/c1-3-9(7-17-2)14-11-5-4-8(13)6-10(11)12(15)16/h4-6,9,14H,3,7H2,1-2H3,(H,15,16). The normalized spacial score (nSPS) is 12.2.